The smallest absolute Gasteiger partial charge is 0.339 e. The number of amides is 1. The number of aryl methyl sites for hydroxylation is 1. The summed E-state index contributed by atoms with van der Waals surface area (Å²) >= 11 is 1.61. The average Bonchev–Trinajstić information content (AvgIpc) is 2.89. The third kappa shape index (κ3) is 3.80. The van der Waals surface area contributed by atoms with Crippen molar-refractivity contribution >= 4 is 23.2 Å². The Morgan fingerprint density at radius 1 is 1.35 bits per heavy atom. The monoisotopic (exact) mass is 297 g/mol. The van der Waals surface area contributed by atoms with Crippen molar-refractivity contribution in [3.63, 3.8) is 0 Å². The average molecular weight is 297 g/mol. The first-order valence-electron chi connectivity index (χ1n) is 6.74. The summed E-state index contributed by atoms with van der Waals surface area (Å²) in [5, 5.41) is 4.46. The molecule has 0 aromatic carbocycles. The molecule has 6 heteroatoms. The van der Waals surface area contributed by atoms with Crippen molar-refractivity contribution in [1.29, 1.82) is 0 Å². The van der Waals surface area contributed by atoms with Crippen LogP contribution >= 0.6 is 11.3 Å². The molecule has 0 bridgehead atoms. The van der Waals surface area contributed by atoms with Crippen LogP contribution in [0.2, 0.25) is 0 Å². The van der Waals surface area contributed by atoms with Gasteiger partial charge in [-0.25, -0.2) is 4.79 Å². The highest BCUT2D eigenvalue weighted by atomic mass is 32.1. The Labute approximate surface area is 122 Å². The zero-order valence-electron chi connectivity index (χ0n) is 11.6. The van der Waals surface area contributed by atoms with Crippen molar-refractivity contribution in [3.8, 4) is 0 Å². The van der Waals surface area contributed by atoms with Crippen molar-refractivity contribution < 1.29 is 19.1 Å². The number of methoxy groups -OCH3 is 1. The van der Waals surface area contributed by atoms with Crippen LogP contribution in [0.4, 0.5) is 0 Å². The number of ether oxygens (including phenoxy) is 2. The Bertz CT molecular complexity index is 484. The standard InChI is InChI=1S/C14H19NO4S/c1-18-7-6-15-13(16)8-19-14(17)11-9-20-12-5-3-2-4-10(11)12/h9H,2-8H2,1H3,(H,15,16). The molecule has 20 heavy (non-hydrogen) atoms. The van der Waals surface area contributed by atoms with Crippen LogP contribution in [0.15, 0.2) is 5.38 Å². The number of carbonyl (C=O) groups is 2. The molecule has 1 aromatic heterocycles. The second kappa shape index (κ2) is 7.40. The number of rotatable bonds is 6. The molecular formula is C14H19NO4S. The molecule has 1 N–H and O–H groups in total. The summed E-state index contributed by atoms with van der Waals surface area (Å²) in [6.45, 7) is 0.617. The minimum atomic E-state index is -0.397. The number of hydrogen-bond donors (Lipinski definition) is 1. The first-order chi connectivity index (χ1) is 9.72. The minimum Gasteiger partial charge on any atom is -0.452 e. The van der Waals surface area contributed by atoms with E-state index in [-0.39, 0.29) is 12.5 Å². The summed E-state index contributed by atoms with van der Waals surface area (Å²) < 4.78 is 9.88. The van der Waals surface area contributed by atoms with E-state index in [1.165, 1.54) is 11.3 Å². The lowest BCUT2D eigenvalue weighted by molar-refractivity contribution is -0.124. The molecule has 1 aliphatic rings. The summed E-state index contributed by atoms with van der Waals surface area (Å²) in [4.78, 5) is 24.7. The molecule has 0 saturated carbocycles. The highest BCUT2D eigenvalue weighted by molar-refractivity contribution is 7.10. The second-order valence-electron chi connectivity index (χ2n) is 4.68. The fourth-order valence-electron chi connectivity index (χ4n) is 2.22. The number of fused-ring (bicyclic) bond motifs is 1. The van der Waals surface area contributed by atoms with E-state index in [4.69, 9.17) is 9.47 Å². The predicted molar refractivity (Wildman–Crippen MR) is 76.1 cm³/mol. The van der Waals surface area contributed by atoms with Crippen LogP contribution in [-0.4, -0.2) is 38.7 Å². The van der Waals surface area contributed by atoms with Crippen molar-refractivity contribution in [2.24, 2.45) is 0 Å². The summed E-state index contributed by atoms with van der Waals surface area (Å²) in [6.07, 6.45) is 4.28. The normalized spacial score (nSPS) is 13.7. The zero-order valence-corrected chi connectivity index (χ0v) is 12.4. The van der Waals surface area contributed by atoms with Gasteiger partial charge in [0.15, 0.2) is 6.61 Å². The first-order valence-corrected chi connectivity index (χ1v) is 7.62. The molecule has 0 fully saturated rings. The molecule has 0 aliphatic heterocycles. The van der Waals surface area contributed by atoms with Gasteiger partial charge >= 0.3 is 5.97 Å². The molecule has 110 valence electrons. The quantitative estimate of drug-likeness (QED) is 0.639. The Kier molecular flexibility index (Phi) is 5.55. The van der Waals surface area contributed by atoms with Crippen LogP contribution < -0.4 is 5.32 Å². The molecule has 0 saturated heterocycles. The third-order valence-electron chi connectivity index (χ3n) is 3.24. The van der Waals surface area contributed by atoms with Crippen molar-refractivity contribution in [3.05, 3.63) is 21.4 Å². The highest BCUT2D eigenvalue weighted by Crippen LogP contribution is 2.30. The lowest BCUT2D eigenvalue weighted by Crippen LogP contribution is -2.31. The van der Waals surface area contributed by atoms with Gasteiger partial charge < -0.3 is 14.8 Å². The van der Waals surface area contributed by atoms with Crippen LogP contribution in [0.25, 0.3) is 0 Å². The van der Waals surface area contributed by atoms with Crippen LogP contribution in [0.5, 0.6) is 0 Å². The largest absolute Gasteiger partial charge is 0.452 e. The first kappa shape index (κ1) is 15.0. The summed E-state index contributed by atoms with van der Waals surface area (Å²) in [5.41, 5.74) is 1.75. The molecule has 0 spiro atoms. The van der Waals surface area contributed by atoms with E-state index >= 15 is 0 Å². The number of nitrogens with one attached hydrogen (secondary N) is 1. The fraction of sp³-hybridized carbons (Fsp3) is 0.571. The lowest BCUT2D eigenvalue weighted by atomic mass is 9.96. The van der Waals surface area contributed by atoms with Gasteiger partial charge in [0.05, 0.1) is 12.2 Å². The van der Waals surface area contributed by atoms with Crippen LogP contribution in [0.3, 0.4) is 0 Å². The highest BCUT2D eigenvalue weighted by Gasteiger charge is 2.21. The maximum atomic E-state index is 12.0. The molecule has 1 amide bonds. The summed E-state index contributed by atoms with van der Waals surface area (Å²) in [6, 6.07) is 0. The predicted octanol–water partition coefficient (Wildman–Crippen LogP) is 1.55. The van der Waals surface area contributed by atoms with Gasteiger partial charge in [-0.2, -0.15) is 0 Å². The van der Waals surface area contributed by atoms with E-state index in [9.17, 15) is 9.59 Å². The molecule has 1 aliphatic carbocycles. The van der Waals surface area contributed by atoms with E-state index in [1.807, 2.05) is 5.38 Å². The van der Waals surface area contributed by atoms with Gasteiger partial charge in [0.2, 0.25) is 0 Å². The Hall–Kier alpha value is -1.40. The van der Waals surface area contributed by atoms with Gasteiger partial charge in [-0.05, 0) is 31.2 Å². The van der Waals surface area contributed by atoms with E-state index in [1.54, 1.807) is 18.4 Å². The molecule has 1 heterocycles. The van der Waals surface area contributed by atoms with Crippen LogP contribution in [0, 0.1) is 0 Å². The summed E-state index contributed by atoms with van der Waals surface area (Å²) in [7, 11) is 1.56. The van der Waals surface area contributed by atoms with E-state index in [0.717, 1.165) is 24.8 Å². The Morgan fingerprint density at radius 3 is 2.95 bits per heavy atom. The Balaban J connectivity index is 1.83. The maximum absolute atomic E-state index is 12.0. The molecule has 0 atom stereocenters. The summed E-state index contributed by atoms with van der Waals surface area (Å²) in [5.74, 6) is -0.703. The third-order valence-corrected chi connectivity index (χ3v) is 4.33. The molecule has 5 nitrogen and oxygen atoms in total. The van der Waals surface area contributed by atoms with Gasteiger partial charge in [0, 0.05) is 23.9 Å². The van der Waals surface area contributed by atoms with Gasteiger partial charge in [0.25, 0.3) is 5.91 Å². The van der Waals surface area contributed by atoms with E-state index < -0.39 is 5.97 Å². The SMILES string of the molecule is COCCNC(=O)COC(=O)c1csc2c1CCCC2. The maximum Gasteiger partial charge on any atom is 0.339 e. The number of carbonyl (C=O) groups excluding carboxylic acids is 2. The second-order valence-corrected chi connectivity index (χ2v) is 5.64. The van der Waals surface area contributed by atoms with E-state index in [2.05, 4.69) is 5.32 Å². The van der Waals surface area contributed by atoms with Gasteiger partial charge in [0.1, 0.15) is 0 Å². The van der Waals surface area contributed by atoms with Gasteiger partial charge in [-0.3, -0.25) is 4.79 Å². The number of thiophene rings is 1. The van der Waals surface area contributed by atoms with Crippen molar-refractivity contribution in [1.82, 2.24) is 5.32 Å². The van der Waals surface area contributed by atoms with Crippen molar-refractivity contribution in [2.45, 2.75) is 25.7 Å². The molecular weight excluding hydrogens is 278 g/mol. The topological polar surface area (TPSA) is 64.6 Å². The van der Waals surface area contributed by atoms with Crippen LogP contribution in [-0.2, 0) is 27.1 Å². The molecule has 2 rings (SSSR count). The van der Waals surface area contributed by atoms with Crippen LogP contribution in [0.1, 0.15) is 33.6 Å². The molecule has 0 radical (unpaired) electrons. The Morgan fingerprint density at radius 2 is 2.15 bits per heavy atom. The van der Waals surface area contributed by atoms with Crippen molar-refractivity contribution in [2.75, 3.05) is 26.9 Å². The van der Waals surface area contributed by atoms with Gasteiger partial charge in [-0.1, -0.05) is 0 Å². The number of esters is 1. The molecule has 1 aromatic rings. The van der Waals surface area contributed by atoms with Gasteiger partial charge in [-0.15, -0.1) is 11.3 Å². The van der Waals surface area contributed by atoms with E-state index in [0.29, 0.717) is 18.7 Å². The number of hydrogen-bond acceptors (Lipinski definition) is 5. The molecule has 0 unspecified atom stereocenters. The fourth-order valence-corrected chi connectivity index (χ4v) is 3.33. The zero-order chi connectivity index (χ0) is 14.4. The lowest BCUT2D eigenvalue weighted by Gasteiger charge is -2.12. The minimum absolute atomic E-state index is 0.243.